The summed E-state index contributed by atoms with van der Waals surface area (Å²) in [6.07, 6.45) is -0.981. The summed E-state index contributed by atoms with van der Waals surface area (Å²) in [6, 6.07) is 15.7. The number of carbonyl (C=O) groups excluding carboxylic acids is 2. The topological polar surface area (TPSA) is 105 Å². The van der Waals surface area contributed by atoms with Gasteiger partial charge in [-0.15, -0.1) is 0 Å². The molecule has 2 aliphatic rings. The van der Waals surface area contributed by atoms with E-state index < -0.39 is 30.1 Å². The van der Waals surface area contributed by atoms with Crippen molar-refractivity contribution in [1.82, 2.24) is 10.2 Å². The molecule has 1 aliphatic heterocycles. The summed E-state index contributed by atoms with van der Waals surface area (Å²) >= 11 is 0. The van der Waals surface area contributed by atoms with Crippen LogP contribution in [0.1, 0.15) is 37.3 Å². The first-order valence-electron chi connectivity index (χ1n) is 11.6. The van der Waals surface area contributed by atoms with E-state index in [1.165, 1.54) is 4.90 Å². The Hall–Kier alpha value is -3.39. The second kappa shape index (κ2) is 10.3. The predicted octanol–water partition coefficient (Wildman–Crippen LogP) is 3.25. The Kier molecular flexibility index (Phi) is 7.17. The minimum Gasteiger partial charge on any atom is -0.481 e. The summed E-state index contributed by atoms with van der Waals surface area (Å²) in [6.45, 7) is 4.30. The van der Waals surface area contributed by atoms with Gasteiger partial charge in [0.2, 0.25) is 0 Å². The van der Waals surface area contributed by atoms with Gasteiger partial charge in [0.25, 0.3) is 5.91 Å². The Morgan fingerprint density at radius 1 is 1.12 bits per heavy atom. The fourth-order valence-corrected chi connectivity index (χ4v) is 4.74. The Morgan fingerprint density at radius 3 is 2.32 bits per heavy atom. The molecule has 0 spiro atoms. The van der Waals surface area contributed by atoms with Crippen LogP contribution in [-0.4, -0.2) is 66.4 Å². The molecule has 0 radical (unpaired) electrons. The van der Waals surface area contributed by atoms with Crippen LogP contribution in [0.2, 0.25) is 0 Å². The molecule has 3 atom stereocenters. The number of carboxylic acid groups (broad SMARTS) is 1. The zero-order valence-electron chi connectivity index (χ0n) is 19.4. The highest BCUT2D eigenvalue weighted by Gasteiger charge is 2.38. The highest BCUT2D eigenvalue weighted by Crippen LogP contribution is 2.44. The zero-order valence-corrected chi connectivity index (χ0v) is 19.4. The average Bonchev–Trinajstić information content (AvgIpc) is 3.43. The largest absolute Gasteiger partial charge is 0.481 e. The van der Waals surface area contributed by atoms with Gasteiger partial charge in [-0.05, 0) is 35.6 Å². The van der Waals surface area contributed by atoms with Crippen LogP contribution in [0.5, 0.6) is 0 Å². The highest BCUT2D eigenvalue weighted by molar-refractivity contribution is 5.84. The summed E-state index contributed by atoms with van der Waals surface area (Å²) in [5, 5.41) is 12.0. The van der Waals surface area contributed by atoms with Gasteiger partial charge in [-0.25, -0.2) is 4.79 Å². The SMILES string of the molecule is CCN(CC(C)C(=O)O)C(=O)C1OCCC1NC(=O)OCC1c2ccccc2-c2ccccc21. The summed E-state index contributed by atoms with van der Waals surface area (Å²) in [5.41, 5.74) is 4.55. The average molecular weight is 467 g/mol. The van der Waals surface area contributed by atoms with Crippen LogP contribution in [0.4, 0.5) is 4.79 Å². The third kappa shape index (κ3) is 4.77. The third-order valence-electron chi connectivity index (χ3n) is 6.59. The number of ether oxygens (including phenoxy) is 2. The van der Waals surface area contributed by atoms with E-state index in [4.69, 9.17) is 9.47 Å². The number of carbonyl (C=O) groups is 3. The third-order valence-corrected chi connectivity index (χ3v) is 6.59. The number of nitrogens with one attached hydrogen (secondary N) is 1. The van der Waals surface area contributed by atoms with Gasteiger partial charge >= 0.3 is 12.1 Å². The molecule has 180 valence electrons. The summed E-state index contributed by atoms with van der Waals surface area (Å²) in [5.74, 6) is -2.04. The van der Waals surface area contributed by atoms with Crippen LogP contribution in [0.15, 0.2) is 48.5 Å². The van der Waals surface area contributed by atoms with Gasteiger partial charge in [0, 0.05) is 25.6 Å². The second-order valence-electron chi connectivity index (χ2n) is 8.77. The second-order valence-corrected chi connectivity index (χ2v) is 8.77. The number of carboxylic acids is 1. The minimum atomic E-state index is -0.966. The molecule has 0 aromatic heterocycles. The molecule has 2 N–H and O–H groups in total. The van der Waals surface area contributed by atoms with Crippen molar-refractivity contribution < 1.29 is 29.0 Å². The highest BCUT2D eigenvalue weighted by atomic mass is 16.6. The van der Waals surface area contributed by atoms with E-state index >= 15 is 0 Å². The van der Waals surface area contributed by atoms with Crippen LogP contribution >= 0.6 is 0 Å². The number of benzene rings is 2. The first-order valence-corrected chi connectivity index (χ1v) is 11.6. The van der Waals surface area contributed by atoms with E-state index in [0.29, 0.717) is 19.6 Å². The quantitative estimate of drug-likeness (QED) is 0.619. The molecule has 4 rings (SSSR count). The molecular formula is C26H30N2O6. The van der Waals surface area contributed by atoms with Crippen LogP contribution in [-0.2, 0) is 19.1 Å². The molecule has 1 saturated heterocycles. The smallest absolute Gasteiger partial charge is 0.407 e. The molecule has 3 unspecified atom stereocenters. The van der Waals surface area contributed by atoms with Gasteiger partial charge in [0.05, 0.1) is 12.0 Å². The van der Waals surface area contributed by atoms with Crippen molar-refractivity contribution in [2.45, 2.75) is 38.3 Å². The molecule has 8 heteroatoms. The molecule has 1 aliphatic carbocycles. The summed E-state index contributed by atoms with van der Waals surface area (Å²) in [4.78, 5) is 38.3. The van der Waals surface area contributed by atoms with E-state index in [1.807, 2.05) is 24.3 Å². The number of aliphatic carboxylic acids is 1. The van der Waals surface area contributed by atoms with Crippen molar-refractivity contribution in [3.63, 3.8) is 0 Å². The first kappa shape index (κ1) is 23.8. The van der Waals surface area contributed by atoms with Gasteiger partial charge in [-0.3, -0.25) is 9.59 Å². The van der Waals surface area contributed by atoms with Gasteiger partial charge in [-0.2, -0.15) is 0 Å². The molecular weight excluding hydrogens is 436 g/mol. The van der Waals surface area contributed by atoms with E-state index in [9.17, 15) is 19.5 Å². The molecule has 2 aromatic carbocycles. The molecule has 34 heavy (non-hydrogen) atoms. The predicted molar refractivity (Wildman–Crippen MR) is 125 cm³/mol. The number of hydrogen-bond donors (Lipinski definition) is 2. The lowest BCUT2D eigenvalue weighted by Gasteiger charge is -2.28. The number of fused-ring (bicyclic) bond motifs is 3. The van der Waals surface area contributed by atoms with Crippen LogP contribution in [0.25, 0.3) is 11.1 Å². The van der Waals surface area contributed by atoms with Gasteiger partial charge in [0.1, 0.15) is 6.61 Å². The zero-order chi connectivity index (χ0) is 24.2. The monoisotopic (exact) mass is 466 g/mol. The van der Waals surface area contributed by atoms with Crippen molar-refractivity contribution >= 4 is 18.0 Å². The maximum atomic E-state index is 13.0. The van der Waals surface area contributed by atoms with Crippen molar-refractivity contribution in [1.29, 1.82) is 0 Å². The van der Waals surface area contributed by atoms with E-state index in [-0.39, 0.29) is 25.0 Å². The normalized spacial score (nSPS) is 19.7. The lowest BCUT2D eigenvalue weighted by molar-refractivity contribution is -0.146. The molecule has 0 bridgehead atoms. The fraction of sp³-hybridized carbons (Fsp3) is 0.423. The summed E-state index contributed by atoms with van der Waals surface area (Å²) in [7, 11) is 0. The van der Waals surface area contributed by atoms with Crippen molar-refractivity contribution in [2.75, 3.05) is 26.3 Å². The van der Waals surface area contributed by atoms with Crippen LogP contribution in [0.3, 0.4) is 0 Å². The number of hydrogen-bond acceptors (Lipinski definition) is 5. The van der Waals surface area contributed by atoms with Crippen molar-refractivity contribution in [3.8, 4) is 11.1 Å². The number of amides is 2. The first-order chi connectivity index (χ1) is 16.4. The molecule has 2 aromatic rings. The molecule has 0 saturated carbocycles. The van der Waals surface area contributed by atoms with Crippen molar-refractivity contribution in [3.05, 3.63) is 59.7 Å². The number of nitrogens with zero attached hydrogens (tertiary/aromatic N) is 1. The van der Waals surface area contributed by atoms with Gasteiger partial charge < -0.3 is 24.8 Å². The Morgan fingerprint density at radius 2 is 1.74 bits per heavy atom. The standard InChI is InChI=1S/C26H30N2O6/c1-3-28(14-16(2)25(30)31)24(29)23-22(12-13-33-23)27-26(32)34-15-21-19-10-6-4-8-17(19)18-9-5-7-11-20(18)21/h4-11,16,21-23H,3,12-15H2,1-2H3,(H,27,32)(H,30,31). The van der Waals surface area contributed by atoms with E-state index in [0.717, 1.165) is 22.3 Å². The number of likely N-dealkylation sites (N-methyl/N-ethyl adjacent to an activating group) is 1. The summed E-state index contributed by atoms with van der Waals surface area (Å²) < 4.78 is 11.2. The van der Waals surface area contributed by atoms with Gasteiger partial charge in [0.15, 0.2) is 6.10 Å². The fourth-order valence-electron chi connectivity index (χ4n) is 4.74. The van der Waals surface area contributed by atoms with Crippen LogP contribution in [0, 0.1) is 5.92 Å². The number of rotatable bonds is 8. The lowest BCUT2D eigenvalue weighted by Crippen LogP contribution is -2.51. The Labute approximate surface area is 198 Å². The van der Waals surface area contributed by atoms with Gasteiger partial charge in [-0.1, -0.05) is 55.5 Å². The van der Waals surface area contributed by atoms with E-state index in [1.54, 1.807) is 13.8 Å². The molecule has 2 amide bonds. The Balaban J connectivity index is 1.37. The molecule has 1 fully saturated rings. The maximum Gasteiger partial charge on any atom is 0.407 e. The molecule has 1 heterocycles. The maximum absolute atomic E-state index is 13.0. The minimum absolute atomic E-state index is 0.0523. The van der Waals surface area contributed by atoms with Crippen LogP contribution < -0.4 is 5.32 Å². The number of alkyl carbamates (subject to hydrolysis) is 1. The lowest BCUT2D eigenvalue weighted by atomic mass is 9.98. The molecule has 8 nitrogen and oxygen atoms in total. The Bertz CT molecular complexity index is 1030. The van der Waals surface area contributed by atoms with E-state index in [2.05, 4.69) is 29.6 Å². The van der Waals surface area contributed by atoms with Crippen molar-refractivity contribution in [2.24, 2.45) is 5.92 Å².